The topological polar surface area (TPSA) is 52.6 Å². The van der Waals surface area contributed by atoms with E-state index in [4.69, 9.17) is 4.74 Å². The highest BCUT2D eigenvalue weighted by atomic mass is 32.2. The molecular weight excluding hydrogens is 285 g/mol. The number of rotatable bonds is 6. The first-order valence-corrected chi connectivity index (χ1v) is 6.74. The Balaban J connectivity index is 2.39. The molecule has 0 radical (unpaired) electrons. The molecule has 0 heterocycles. The predicted molar refractivity (Wildman–Crippen MR) is 61.6 cm³/mol. The molecule has 0 saturated heterocycles. The van der Waals surface area contributed by atoms with E-state index in [1.54, 1.807) is 24.3 Å². The van der Waals surface area contributed by atoms with Gasteiger partial charge < -0.3 is 4.74 Å². The molecule has 0 aliphatic heterocycles. The van der Waals surface area contributed by atoms with E-state index >= 15 is 0 Å². The lowest BCUT2D eigenvalue weighted by atomic mass is 10.2. The third kappa shape index (κ3) is 5.17. The summed E-state index contributed by atoms with van der Waals surface area (Å²) in [7, 11) is -5.57. The summed E-state index contributed by atoms with van der Waals surface area (Å²) in [5.41, 5.74) is -4.59. The second kappa shape index (κ2) is 6.36. The van der Waals surface area contributed by atoms with Crippen molar-refractivity contribution in [1.29, 1.82) is 0 Å². The van der Waals surface area contributed by atoms with Gasteiger partial charge in [0.15, 0.2) is 0 Å². The van der Waals surface area contributed by atoms with Crippen LogP contribution in [-0.4, -0.2) is 26.6 Å². The van der Waals surface area contributed by atoms with Crippen LogP contribution in [0.4, 0.5) is 13.2 Å². The molecule has 0 aliphatic rings. The molecular formula is C11H13F3O4S. The molecule has 19 heavy (non-hydrogen) atoms. The van der Waals surface area contributed by atoms with Crippen LogP contribution in [-0.2, 0) is 25.6 Å². The summed E-state index contributed by atoms with van der Waals surface area (Å²) < 4.78 is 66.5. The summed E-state index contributed by atoms with van der Waals surface area (Å²) in [6.45, 7) is 1.10. The zero-order chi connectivity index (χ0) is 14.5. The zero-order valence-corrected chi connectivity index (χ0v) is 10.9. The highest BCUT2D eigenvalue weighted by molar-refractivity contribution is 7.87. The van der Waals surface area contributed by atoms with Crippen LogP contribution >= 0.6 is 0 Å². The Morgan fingerprint density at radius 1 is 1.21 bits per heavy atom. The minimum absolute atomic E-state index is 0.167. The molecule has 1 rings (SSSR count). The van der Waals surface area contributed by atoms with Crippen LogP contribution in [0.15, 0.2) is 30.3 Å². The molecule has 0 unspecified atom stereocenters. The van der Waals surface area contributed by atoms with Gasteiger partial charge in [-0.15, -0.1) is 0 Å². The molecule has 1 aromatic rings. The smallest absolute Gasteiger partial charge is 0.374 e. The summed E-state index contributed by atoms with van der Waals surface area (Å²) in [6.07, 6.45) is -1.21. The Bertz CT molecular complexity index is 484. The molecule has 0 spiro atoms. The van der Waals surface area contributed by atoms with E-state index in [-0.39, 0.29) is 13.2 Å². The minimum atomic E-state index is -5.57. The molecule has 0 aliphatic carbocycles. The molecule has 0 fully saturated rings. The van der Waals surface area contributed by atoms with Crippen molar-refractivity contribution in [3.63, 3.8) is 0 Å². The first-order valence-electron chi connectivity index (χ1n) is 5.33. The van der Waals surface area contributed by atoms with Gasteiger partial charge in [0.1, 0.15) is 0 Å². The predicted octanol–water partition coefficient (Wildman–Crippen LogP) is 2.46. The SMILES string of the molecule is C[C@@H](COCc1ccccc1)OS(=O)(=O)C(F)(F)F. The summed E-state index contributed by atoms with van der Waals surface area (Å²) in [4.78, 5) is 0. The van der Waals surface area contributed by atoms with E-state index in [9.17, 15) is 21.6 Å². The molecule has 0 saturated carbocycles. The lowest BCUT2D eigenvalue weighted by Gasteiger charge is -2.14. The molecule has 0 bridgehead atoms. The first kappa shape index (κ1) is 15.9. The van der Waals surface area contributed by atoms with Crippen molar-refractivity contribution >= 4 is 10.1 Å². The molecule has 0 amide bonds. The van der Waals surface area contributed by atoms with Crippen molar-refractivity contribution in [2.45, 2.75) is 25.1 Å². The van der Waals surface area contributed by atoms with Gasteiger partial charge in [-0.05, 0) is 12.5 Å². The standard InChI is InChI=1S/C11H13F3O4S/c1-9(18-19(15,16)11(12,13)14)7-17-8-10-5-3-2-4-6-10/h2-6,9H,7-8H2,1H3/t9-/m0/s1. The van der Waals surface area contributed by atoms with Gasteiger partial charge in [-0.3, -0.25) is 4.18 Å². The number of hydrogen-bond donors (Lipinski definition) is 0. The maximum Gasteiger partial charge on any atom is 0.523 e. The Labute approximate surface area is 109 Å². The second-order valence-corrected chi connectivity index (χ2v) is 5.37. The summed E-state index contributed by atoms with van der Waals surface area (Å²) in [6, 6.07) is 8.93. The number of halogens is 3. The highest BCUT2D eigenvalue weighted by Crippen LogP contribution is 2.25. The van der Waals surface area contributed by atoms with Crippen molar-refractivity contribution in [2.75, 3.05) is 6.61 Å². The molecule has 8 heteroatoms. The van der Waals surface area contributed by atoms with E-state index in [1.807, 2.05) is 6.07 Å². The Hall–Kier alpha value is -1.12. The molecule has 4 nitrogen and oxygen atoms in total. The second-order valence-electron chi connectivity index (χ2n) is 3.81. The van der Waals surface area contributed by atoms with E-state index in [2.05, 4.69) is 4.18 Å². The zero-order valence-electron chi connectivity index (χ0n) is 10.1. The van der Waals surface area contributed by atoms with Crippen LogP contribution in [0, 0.1) is 0 Å². The van der Waals surface area contributed by atoms with Crippen LogP contribution in [0.2, 0.25) is 0 Å². The van der Waals surface area contributed by atoms with Crippen LogP contribution in [0.1, 0.15) is 12.5 Å². The average Bonchev–Trinajstić information content (AvgIpc) is 2.28. The summed E-state index contributed by atoms with van der Waals surface area (Å²) in [5.74, 6) is 0. The van der Waals surface area contributed by atoms with Crippen molar-refractivity contribution in [3.8, 4) is 0 Å². The van der Waals surface area contributed by atoms with Gasteiger partial charge in [0, 0.05) is 0 Å². The lowest BCUT2D eigenvalue weighted by Crippen LogP contribution is -2.30. The summed E-state index contributed by atoms with van der Waals surface area (Å²) >= 11 is 0. The fraction of sp³-hybridized carbons (Fsp3) is 0.455. The minimum Gasteiger partial charge on any atom is -0.374 e. The largest absolute Gasteiger partial charge is 0.523 e. The van der Waals surface area contributed by atoms with Gasteiger partial charge in [0.25, 0.3) is 0 Å². The number of ether oxygens (including phenoxy) is 1. The van der Waals surface area contributed by atoms with E-state index in [0.29, 0.717) is 0 Å². The number of hydrogen-bond acceptors (Lipinski definition) is 4. The monoisotopic (exact) mass is 298 g/mol. The maximum absolute atomic E-state index is 12.0. The van der Waals surface area contributed by atoms with Gasteiger partial charge in [0.2, 0.25) is 0 Å². The van der Waals surface area contributed by atoms with Gasteiger partial charge >= 0.3 is 15.6 Å². The van der Waals surface area contributed by atoms with Gasteiger partial charge in [-0.2, -0.15) is 21.6 Å². The van der Waals surface area contributed by atoms with Gasteiger partial charge in [0.05, 0.1) is 19.3 Å². The quantitative estimate of drug-likeness (QED) is 0.598. The average molecular weight is 298 g/mol. The van der Waals surface area contributed by atoms with Gasteiger partial charge in [-0.1, -0.05) is 30.3 Å². The Kier molecular flexibility index (Phi) is 5.33. The Morgan fingerprint density at radius 3 is 2.32 bits per heavy atom. The van der Waals surface area contributed by atoms with Crippen LogP contribution in [0.3, 0.4) is 0 Å². The van der Waals surface area contributed by atoms with Crippen LogP contribution in [0.5, 0.6) is 0 Å². The molecule has 108 valence electrons. The lowest BCUT2D eigenvalue weighted by molar-refractivity contribution is -0.0601. The van der Waals surface area contributed by atoms with Crippen molar-refractivity contribution in [1.82, 2.24) is 0 Å². The van der Waals surface area contributed by atoms with E-state index in [0.717, 1.165) is 5.56 Å². The first-order chi connectivity index (χ1) is 8.72. The van der Waals surface area contributed by atoms with Crippen LogP contribution in [0.25, 0.3) is 0 Å². The highest BCUT2D eigenvalue weighted by Gasteiger charge is 2.48. The molecule has 0 aromatic heterocycles. The molecule has 1 aromatic carbocycles. The van der Waals surface area contributed by atoms with Gasteiger partial charge in [-0.25, -0.2) is 0 Å². The third-order valence-corrected chi connectivity index (χ3v) is 3.19. The van der Waals surface area contributed by atoms with Crippen molar-refractivity contribution in [3.05, 3.63) is 35.9 Å². The van der Waals surface area contributed by atoms with E-state index in [1.165, 1.54) is 6.92 Å². The number of alkyl halides is 3. The normalized spacial score (nSPS) is 14.3. The molecule has 0 N–H and O–H groups in total. The summed E-state index contributed by atoms with van der Waals surface area (Å²) in [5, 5.41) is 0. The third-order valence-electron chi connectivity index (χ3n) is 2.04. The fourth-order valence-electron chi connectivity index (χ4n) is 1.22. The fourth-order valence-corrected chi connectivity index (χ4v) is 1.81. The van der Waals surface area contributed by atoms with Crippen molar-refractivity contribution < 1.29 is 30.5 Å². The van der Waals surface area contributed by atoms with E-state index < -0.39 is 21.7 Å². The maximum atomic E-state index is 12.0. The Morgan fingerprint density at radius 2 is 1.79 bits per heavy atom. The molecule has 1 atom stereocenters. The number of benzene rings is 1. The van der Waals surface area contributed by atoms with Crippen molar-refractivity contribution in [2.24, 2.45) is 0 Å². The van der Waals surface area contributed by atoms with Crippen LogP contribution < -0.4 is 0 Å².